The molecule has 3 N–H and O–H groups in total. The second kappa shape index (κ2) is 10.4. The summed E-state index contributed by atoms with van der Waals surface area (Å²) in [6.45, 7) is -0.133. The Labute approximate surface area is 200 Å². The Morgan fingerprint density at radius 1 is 1.00 bits per heavy atom. The van der Waals surface area contributed by atoms with Crippen LogP contribution in [-0.4, -0.2) is 49.4 Å². The predicted octanol–water partition coefficient (Wildman–Crippen LogP) is 4.02. The molecule has 9 heteroatoms. The number of carbonyl (C=O) groups is 3. The summed E-state index contributed by atoms with van der Waals surface area (Å²) in [4.78, 5) is 36.2. The summed E-state index contributed by atoms with van der Waals surface area (Å²) in [7, 11) is 1.26. The molecule has 0 saturated heterocycles. The number of methoxy groups -OCH3 is 1. The van der Waals surface area contributed by atoms with Gasteiger partial charge in [-0.15, -0.1) is 0 Å². The van der Waals surface area contributed by atoms with Crippen molar-refractivity contribution < 1.29 is 33.4 Å². The summed E-state index contributed by atoms with van der Waals surface area (Å²) in [5.41, 5.74) is 3.85. The number of ether oxygens (including phenoxy) is 2. The SMILES string of the molecule is COC(CNC(=O)OCC1c2ccccc2-c2ccccc21)C(=O)Nc1cc(F)ccc1C(=O)O. The van der Waals surface area contributed by atoms with E-state index in [2.05, 4.69) is 10.6 Å². The molecule has 0 saturated carbocycles. The fraction of sp³-hybridized carbons (Fsp3) is 0.192. The average molecular weight is 478 g/mol. The van der Waals surface area contributed by atoms with Crippen LogP contribution in [0.5, 0.6) is 0 Å². The van der Waals surface area contributed by atoms with Crippen molar-refractivity contribution in [3.63, 3.8) is 0 Å². The molecule has 3 aromatic rings. The summed E-state index contributed by atoms with van der Waals surface area (Å²) < 4.78 is 24.1. The summed E-state index contributed by atoms with van der Waals surface area (Å²) in [5, 5.41) is 14.0. The summed E-state index contributed by atoms with van der Waals surface area (Å²) in [6, 6.07) is 18.8. The number of halogens is 1. The minimum Gasteiger partial charge on any atom is -0.478 e. The second-order valence-corrected chi connectivity index (χ2v) is 7.92. The van der Waals surface area contributed by atoms with Crippen LogP contribution in [0.2, 0.25) is 0 Å². The molecule has 0 heterocycles. The number of hydrogen-bond donors (Lipinski definition) is 3. The van der Waals surface area contributed by atoms with Crippen molar-refractivity contribution in [2.24, 2.45) is 0 Å². The van der Waals surface area contributed by atoms with Gasteiger partial charge in [0.2, 0.25) is 0 Å². The first-order valence-electron chi connectivity index (χ1n) is 10.8. The monoisotopic (exact) mass is 478 g/mol. The van der Waals surface area contributed by atoms with Gasteiger partial charge in [0.25, 0.3) is 5.91 Å². The Hall–Kier alpha value is -4.24. The molecule has 8 nitrogen and oxygen atoms in total. The summed E-state index contributed by atoms with van der Waals surface area (Å²) in [6.07, 6.45) is -1.90. The third-order valence-corrected chi connectivity index (χ3v) is 5.82. The van der Waals surface area contributed by atoms with Gasteiger partial charge in [0, 0.05) is 13.0 Å². The van der Waals surface area contributed by atoms with Crippen molar-refractivity contribution in [3.05, 3.63) is 89.2 Å². The van der Waals surface area contributed by atoms with Crippen molar-refractivity contribution in [2.45, 2.75) is 12.0 Å². The summed E-state index contributed by atoms with van der Waals surface area (Å²) >= 11 is 0. The zero-order valence-corrected chi connectivity index (χ0v) is 18.8. The highest BCUT2D eigenvalue weighted by Crippen LogP contribution is 2.44. The number of carboxylic acids is 1. The highest BCUT2D eigenvalue weighted by Gasteiger charge is 2.29. The maximum Gasteiger partial charge on any atom is 0.407 e. The number of rotatable bonds is 8. The molecule has 1 atom stereocenters. The van der Waals surface area contributed by atoms with Crippen molar-refractivity contribution in [3.8, 4) is 11.1 Å². The Bertz CT molecular complexity index is 1230. The van der Waals surface area contributed by atoms with Gasteiger partial charge in [-0.05, 0) is 40.5 Å². The molecule has 2 amide bonds. The highest BCUT2D eigenvalue weighted by atomic mass is 19.1. The van der Waals surface area contributed by atoms with Gasteiger partial charge in [-0.2, -0.15) is 0 Å². The van der Waals surface area contributed by atoms with Gasteiger partial charge in [0.1, 0.15) is 12.4 Å². The van der Waals surface area contributed by atoms with E-state index in [1.54, 1.807) is 0 Å². The van der Waals surface area contributed by atoms with E-state index in [0.29, 0.717) is 0 Å². The molecule has 35 heavy (non-hydrogen) atoms. The Morgan fingerprint density at radius 2 is 1.63 bits per heavy atom. The Kier molecular flexibility index (Phi) is 7.07. The van der Waals surface area contributed by atoms with Crippen molar-refractivity contribution >= 4 is 23.7 Å². The van der Waals surface area contributed by atoms with Crippen LogP contribution in [0.4, 0.5) is 14.9 Å². The molecule has 180 valence electrons. The van der Waals surface area contributed by atoms with E-state index in [1.807, 2.05) is 48.5 Å². The van der Waals surface area contributed by atoms with Crippen LogP contribution in [0.15, 0.2) is 66.7 Å². The smallest absolute Gasteiger partial charge is 0.407 e. The van der Waals surface area contributed by atoms with Crippen LogP contribution in [0, 0.1) is 5.82 Å². The Balaban J connectivity index is 1.35. The van der Waals surface area contributed by atoms with Gasteiger partial charge in [-0.1, -0.05) is 48.5 Å². The van der Waals surface area contributed by atoms with E-state index in [4.69, 9.17) is 9.47 Å². The fourth-order valence-corrected chi connectivity index (χ4v) is 4.13. The van der Waals surface area contributed by atoms with Crippen LogP contribution in [0.1, 0.15) is 27.4 Å². The third kappa shape index (κ3) is 5.15. The largest absolute Gasteiger partial charge is 0.478 e. The molecule has 0 aromatic heterocycles. The summed E-state index contributed by atoms with van der Waals surface area (Å²) in [5.74, 6) is -2.90. The molecule has 1 unspecified atom stereocenters. The highest BCUT2D eigenvalue weighted by molar-refractivity contribution is 6.02. The first-order chi connectivity index (χ1) is 16.9. The topological polar surface area (TPSA) is 114 Å². The van der Waals surface area contributed by atoms with Crippen LogP contribution < -0.4 is 10.6 Å². The molecule has 3 aromatic carbocycles. The maximum absolute atomic E-state index is 13.5. The molecule has 0 fully saturated rings. The van der Waals surface area contributed by atoms with Crippen molar-refractivity contribution in [2.75, 3.05) is 25.6 Å². The lowest BCUT2D eigenvalue weighted by Gasteiger charge is -2.18. The van der Waals surface area contributed by atoms with E-state index >= 15 is 0 Å². The van der Waals surface area contributed by atoms with Gasteiger partial charge in [0.05, 0.1) is 17.8 Å². The molecule has 0 bridgehead atoms. The number of fused-ring (bicyclic) bond motifs is 3. The quantitative estimate of drug-likeness (QED) is 0.451. The van der Waals surface area contributed by atoms with Crippen LogP contribution in [0.25, 0.3) is 11.1 Å². The van der Waals surface area contributed by atoms with E-state index in [1.165, 1.54) is 7.11 Å². The second-order valence-electron chi connectivity index (χ2n) is 7.92. The molecule has 0 aliphatic heterocycles. The fourth-order valence-electron chi connectivity index (χ4n) is 4.13. The molecule has 1 aliphatic carbocycles. The zero-order chi connectivity index (χ0) is 24.9. The van der Waals surface area contributed by atoms with Gasteiger partial charge in [0.15, 0.2) is 6.10 Å². The number of anilines is 1. The standard InChI is InChI=1S/C26H23FN2O6/c1-34-23(24(30)29-22-12-15(27)10-11-20(22)25(31)32)13-28-26(33)35-14-21-18-8-4-2-6-16(18)17-7-3-5-9-19(17)21/h2-12,21,23H,13-14H2,1H3,(H,28,33)(H,29,30)(H,31,32). The first-order valence-corrected chi connectivity index (χ1v) is 10.8. The number of alkyl carbamates (subject to hydrolysis) is 1. The van der Waals surface area contributed by atoms with Gasteiger partial charge >= 0.3 is 12.1 Å². The van der Waals surface area contributed by atoms with E-state index in [-0.39, 0.29) is 30.3 Å². The lowest BCUT2D eigenvalue weighted by atomic mass is 9.98. The minimum absolute atomic E-state index is 0.106. The number of carbonyl (C=O) groups excluding carboxylic acids is 2. The molecular formula is C26H23FN2O6. The molecule has 0 spiro atoms. The molecular weight excluding hydrogens is 455 g/mol. The van der Waals surface area contributed by atoms with Gasteiger partial charge < -0.3 is 25.2 Å². The number of hydrogen-bond acceptors (Lipinski definition) is 5. The van der Waals surface area contributed by atoms with Gasteiger partial charge in [-0.25, -0.2) is 14.0 Å². The predicted molar refractivity (Wildman–Crippen MR) is 126 cm³/mol. The number of amides is 2. The minimum atomic E-state index is -1.33. The lowest BCUT2D eigenvalue weighted by molar-refractivity contribution is -0.125. The Morgan fingerprint density at radius 3 is 2.23 bits per heavy atom. The first kappa shape index (κ1) is 23.9. The number of aromatic carboxylic acids is 1. The molecule has 1 aliphatic rings. The van der Waals surface area contributed by atoms with E-state index < -0.39 is 29.9 Å². The van der Waals surface area contributed by atoms with Crippen LogP contribution >= 0.6 is 0 Å². The van der Waals surface area contributed by atoms with Crippen molar-refractivity contribution in [1.82, 2.24) is 5.32 Å². The molecule has 0 radical (unpaired) electrons. The normalized spacial score (nSPS) is 12.9. The number of carboxylic acid groups (broad SMARTS) is 1. The van der Waals surface area contributed by atoms with Crippen LogP contribution in [-0.2, 0) is 14.3 Å². The zero-order valence-electron chi connectivity index (χ0n) is 18.8. The third-order valence-electron chi connectivity index (χ3n) is 5.82. The van der Waals surface area contributed by atoms with E-state index in [0.717, 1.165) is 40.5 Å². The van der Waals surface area contributed by atoms with Gasteiger partial charge in [-0.3, -0.25) is 4.79 Å². The van der Waals surface area contributed by atoms with Crippen molar-refractivity contribution in [1.29, 1.82) is 0 Å². The van der Waals surface area contributed by atoms with E-state index in [9.17, 15) is 23.9 Å². The average Bonchev–Trinajstić information content (AvgIpc) is 3.16. The number of benzene rings is 3. The maximum atomic E-state index is 13.5. The number of nitrogens with one attached hydrogen (secondary N) is 2. The van der Waals surface area contributed by atoms with Crippen LogP contribution in [0.3, 0.4) is 0 Å². The molecule has 4 rings (SSSR count). The lowest BCUT2D eigenvalue weighted by Crippen LogP contribution is -2.41.